The number of hydrogen-bond donors (Lipinski definition) is 0. The van der Waals surface area contributed by atoms with Gasteiger partial charge in [-0.2, -0.15) is 0 Å². The molecule has 3 aliphatic rings. The second-order valence-corrected chi connectivity index (χ2v) is 10.8. The summed E-state index contributed by atoms with van der Waals surface area (Å²) in [5.74, 6) is 0.00229. The highest BCUT2D eigenvalue weighted by molar-refractivity contribution is 5.87. The van der Waals surface area contributed by atoms with E-state index in [0.717, 1.165) is 18.4 Å². The van der Waals surface area contributed by atoms with Crippen LogP contribution in [0.1, 0.15) is 63.1 Å². The molecule has 6 nitrogen and oxygen atoms in total. The molecule has 7 atom stereocenters. The normalized spacial score (nSPS) is 35.9. The van der Waals surface area contributed by atoms with Crippen LogP contribution >= 0.6 is 0 Å². The minimum absolute atomic E-state index is 0.0544. The third-order valence-corrected chi connectivity index (χ3v) is 8.58. The summed E-state index contributed by atoms with van der Waals surface area (Å²) in [5, 5.41) is 0. The van der Waals surface area contributed by atoms with Crippen molar-refractivity contribution >= 4 is 18.0 Å². The number of ether oxygens (including phenoxy) is 3. The molecule has 1 aliphatic carbocycles. The molecule has 2 bridgehead atoms. The number of carbonyl (C=O) groups is 2. The van der Waals surface area contributed by atoms with Gasteiger partial charge in [0.2, 0.25) is 5.76 Å². The van der Waals surface area contributed by atoms with Crippen LogP contribution in [0.5, 0.6) is 0 Å². The van der Waals surface area contributed by atoms with Gasteiger partial charge >= 0.3 is 11.9 Å². The van der Waals surface area contributed by atoms with Gasteiger partial charge in [0.15, 0.2) is 0 Å². The first-order valence-electron chi connectivity index (χ1n) is 12.6. The quantitative estimate of drug-likeness (QED) is 0.393. The molecular weight excluding hydrogens is 444 g/mol. The Balaban J connectivity index is 1.45. The monoisotopic (exact) mass is 478 g/mol. The third kappa shape index (κ3) is 4.02. The van der Waals surface area contributed by atoms with Crippen LogP contribution in [0.4, 0.5) is 0 Å². The van der Waals surface area contributed by atoms with E-state index in [2.05, 4.69) is 27.7 Å². The Morgan fingerprint density at radius 3 is 2.54 bits per heavy atom. The minimum atomic E-state index is -0.737. The highest BCUT2D eigenvalue weighted by Crippen LogP contribution is 2.63. The van der Waals surface area contributed by atoms with E-state index >= 15 is 0 Å². The Morgan fingerprint density at radius 1 is 1.09 bits per heavy atom. The molecule has 0 amide bonds. The molecule has 3 fully saturated rings. The fraction of sp³-hybridized carbons (Fsp3) is 0.517. The van der Waals surface area contributed by atoms with Crippen molar-refractivity contribution in [3.8, 4) is 0 Å². The Kier molecular flexibility index (Phi) is 6.12. The van der Waals surface area contributed by atoms with Crippen molar-refractivity contribution in [1.82, 2.24) is 0 Å². The number of fused-ring (bicyclic) bond motifs is 4. The smallest absolute Gasteiger partial charge is 0.374 e. The molecule has 1 aromatic carbocycles. The van der Waals surface area contributed by atoms with E-state index in [4.69, 9.17) is 18.6 Å². The van der Waals surface area contributed by atoms with Gasteiger partial charge in [-0.1, -0.05) is 51.1 Å². The molecule has 0 radical (unpaired) electrons. The fourth-order valence-corrected chi connectivity index (χ4v) is 6.72. The van der Waals surface area contributed by atoms with Crippen molar-refractivity contribution in [2.45, 2.75) is 70.4 Å². The Bertz CT molecular complexity index is 1090. The van der Waals surface area contributed by atoms with Crippen molar-refractivity contribution in [2.24, 2.45) is 23.7 Å². The van der Waals surface area contributed by atoms with E-state index in [0.29, 0.717) is 12.3 Å². The summed E-state index contributed by atoms with van der Waals surface area (Å²) < 4.78 is 24.5. The zero-order chi connectivity index (χ0) is 24.8. The summed E-state index contributed by atoms with van der Waals surface area (Å²) in [4.78, 5) is 25.9. The fourth-order valence-electron chi connectivity index (χ4n) is 6.72. The average Bonchev–Trinajstić information content (AvgIpc) is 3.56. The maximum absolute atomic E-state index is 13.1. The van der Waals surface area contributed by atoms with Crippen molar-refractivity contribution in [1.29, 1.82) is 0 Å². The molecule has 6 heteroatoms. The summed E-state index contributed by atoms with van der Waals surface area (Å²) in [5.41, 5.74) is -0.447. The van der Waals surface area contributed by atoms with Gasteiger partial charge in [-0.3, -0.25) is 0 Å². The summed E-state index contributed by atoms with van der Waals surface area (Å²) in [6, 6.07) is 13.0. The molecule has 1 aromatic heterocycles. The number of hydrogen-bond acceptors (Lipinski definition) is 6. The van der Waals surface area contributed by atoms with Crippen LogP contribution in [-0.4, -0.2) is 35.3 Å². The lowest BCUT2D eigenvalue weighted by atomic mass is 9.69. The lowest BCUT2D eigenvalue weighted by Crippen LogP contribution is -2.62. The van der Waals surface area contributed by atoms with Crippen molar-refractivity contribution in [2.75, 3.05) is 0 Å². The van der Waals surface area contributed by atoms with E-state index in [1.54, 1.807) is 18.2 Å². The van der Waals surface area contributed by atoms with Gasteiger partial charge < -0.3 is 18.6 Å². The lowest BCUT2D eigenvalue weighted by molar-refractivity contribution is -0.263. The van der Waals surface area contributed by atoms with Crippen LogP contribution in [-0.2, 0) is 19.0 Å². The molecule has 0 spiro atoms. The zero-order valence-corrected chi connectivity index (χ0v) is 20.8. The maximum Gasteiger partial charge on any atom is 0.374 e. The SMILES string of the molecule is CC(C)[C@@]12C[C@@H](OC(=O)c3ccco3)C(C)(O1)[C@@H]1CC[C@@H](C)[C@H]1[C@@H]2OC(=O)C=Cc1ccccc1. The molecule has 0 N–H and O–H groups in total. The molecule has 1 unspecified atom stereocenters. The zero-order valence-electron chi connectivity index (χ0n) is 20.8. The molecule has 2 aromatic rings. The number of benzene rings is 1. The number of esters is 2. The molecule has 1 saturated carbocycles. The van der Waals surface area contributed by atoms with E-state index in [1.807, 2.05) is 30.3 Å². The average molecular weight is 479 g/mol. The van der Waals surface area contributed by atoms with Crippen LogP contribution < -0.4 is 0 Å². The van der Waals surface area contributed by atoms with Gasteiger partial charge in [0.05, 0.1) is 6.26 Å². The van der Waals surface area contributed by atoms with E-state index in [1.165, 1.54) is 12.3 Å². The molecule has 35 heavy (non-hydrogen) atoms. The topological polar surface area (TPSA) is 75.0 Å². The minimum Gasteiger partial charge on any atom is -0.457 e. The van der Waals surface area contributed by atoms with Crippen LogP contribution in [0.15, 0.2) is 59.2 Å². The van der Waals surface area contributed by atoms with Gasteiger partial charge in [-0.15, -0.1) is 0 Å². The standard InChI is InChI=1S/C29H34O6/c1-18(2)29-17-23(33-27(31)22-11-8-16-32-22)28(4,35-29)21-14-12-19(3)25(21)26(29)34-24(30)15-13-20-9-6-5-7-10-20/h5-11,13,15-16,18-19,21,23,25-26H,12,14,17H2,1-4H3/t19-,21-,23-,25-,26+,28?,29-/m1/s1. The van der Waals surface area contributed by atoms with Gasteiger partial charge in [0.25, 0.3) is 0 Å². The van der Waals surface area contributed by atoms with Crippen molar-refractivity contribution < 1.29 is 28.2 Å². The van der Waals surface area contributed by atoms with Crippen LogP contribution in [0.2, 0.25) is 0 Å². The maximum atomic E-state index is 13.1. The molecule has 3 heterocycles. The Hall–Kier alpha value is -2.86. The van der Waals surface area contributed by atoms with Crippen molar-refractivity contribution in [3.05, 3.63) is 66.1 Å². The predicted molar refractivity (Wildman–Crippen MR) is 130 cm³/mol. The first-order chi connectivity index (χ1) is 16.7. The number of furan rings is 1. The Labute approximate surface area is 206 Å². The number of rotatable bonds is 6. The highest BCUT2D eigenvalue weighted by Gasteiger charge is 2.72. The molecule has 2 aliphatic heterocycles. The first kappa shape index (κ1) is 23.9. The second-order valence-electron chi connectivity index (χ2n) is 10.8. The van der Waals surface area contributed by atoms with Gasteiger partial charge in [-0.25, -0.2) is 9.59 Å². The molecule has 2 saturated heterocycles. The summed E-state index contributed by atoms with van der Waals surface area (Å²) in [6.45, 7) is 8.49. The second kappa shape index (κ2) is 8.98. The van der Waals surface area contributed by atoms with E-state index in [-0.39, 0.29) is 29.5 Å². The molecular formula is C29H34O6. The first-order valence-corrected chi connectivity index (χ1v) is 12.6. The van der Waals surface area contributed by atoms with E-state index < -0.39 is 29.4 Å². The molecule has 186 valence electrons. The van der Waals surface area contributed by atoms with Gasteiger partial charge in [0, 0.05) is 18.4 Å². The summed E-state index contributed by atoms with van der Waals surface area (Å²) >= 11 is 0. The third-order valence-electron chi connectivity index (χ3n) is 8.58. The Morgan fingerprint density at radius 2 is 1.86 bits per heavy atom. The summed E-state index contributed by atoms with van der Waals surface area (Å²) in [7, 11) is 0. The van der Waals surface area contributed by atoms with Gasteiger partial charge in [-0.05, 0) is 61.3 Å². The van der Waals surface area contributed by atoms with Crippen LogP contribution in [0.25, 0.3) is 6.08 Å². The van der Waals surface area contributed by atoms with Crippen LogP contribution in [0, 0.1) is 23.7 Å². The lowest BCUT2D eigenvalue weighted by Gasteiger charge is -2.52. The largest absolute Gasteiger partial charge is 0.457 e. The van der Waals surface area contributed by atoms with Gasteiger partial charge in [0.1, 0.15) is 23.4 Å². The van der Waals surface area contributed by atoms with E-state index in [9.17, 15) is 9.59 Å². The van der Waals surface area contributed by atoms with Crippen LogP contribution in [0.3, 0.4) is 0 Å². The summed E-state index contributed by atoms with van der Waals surface area (Å²) in [6.07, 6.45) is 6.31. The molecule has 5 rings (SSSR count). The highest BCUT2D eigenvalue weighted by atomic mass is 16.6. The van der Waals surface area contributed by atoms with Crippen molar-refractivity contribution in [3.63, 3.8) is 0 Å². The number of carbonyl (C=O) groups excluding carboxylic acids is 2. The predicted octanol–water partition coefficient (Wildman–Crippen LogP) is 5.68.